The minimum atomic E-state index is -0.936. The third-order valence-corrected chi connectivity index (χ3v) is 2.39. The van der Waals surface area contributed by atoms with Crippen molar-refractivity contribution in [3.05, 3.63) is 35.4 Å². The van der Waals surface area contributed by atoms with Gasteiger partial charge in [-0.2, -0.15) is 0 Å². The molecule has 0 bridgehead atoms. The first-order valence-electron chi connectivity index (χ1n) is 4.18. The van der Waals surface area contributed by atoms with Gasteiger partial charge in [0.2, 0.25) is 0 Å². The average Bonchev–Trinajstić information content (AvgIpc) is 2.85. The van der Waals surface area contributed by atoms with Gasteiger partial charge in [-0.3, -0.25) is 0 Å². The lowest BCUT2D eigenvalue weighted by atomic mass is 10.1. The van der Waals surface area contributed by atoms with Crippen LogP contribution >= 0.6 is 0 Å². The van der Waals surface area contributed by atoms with Crippen LogP contribution in [-0.2, 0) is 5.60 Å². The van der Waals surface area contributed by atoms with E-state index in [0.29, 0.717) is 0 Å². The number of carboxylic acids is 1. The van der Waals surface area contributed by atoms with Crippen molar-refractivity contribution in [2.45, 2.75) is 18.4 Å². The van der Waals surface area contributed by atoms with E-state index in [2.05, 4.69) is 0 Å². The lowest BCUT2D eigenvalue weighted by Gasteiger charge is -2.07. The molecule has 13 heavy (non-hydrogen) atoms. The van der Waals surface area contributed by atoms with Crippen LogP contribution < -0.4 is 0 Å². The van der Waals surface area contributed by atoms with E-state index in [9.17, 15) is 9.90 Å². The van der Waals surface area contributed by atoms with Gasteiger partial charge in [-0.05, 0) is 30.5 Å². The highest BCUT2D eigenvalue weighted by molar-refractivity contribution is 5.87. The SMILES string of the molecule is O=C(O)c1ccc(C2(O)CC2)cc1. The van der Waals surface area contributed by atoms with Crippen molar-refractivity contribution in [3.63, 3.8) is 0 Å². The van der Waals surface area contributed by atoms with Crippen molar-refractivity contribution in [1.82, 2.24) is 0 Å². The fourth-order valence-electron chi connectivity index (χ4n) is 1.33. The number of hydrogen-bond acceptors (Lipinski definition) is 2. The maximum Gasteiger partial charge on any atom is 0.335 e. The first-order chi connectivity index (χ1) is 6.12. The van der Waals surface area contributed by atoms with Gasteiger partial charge >= 0.3 is 5.97 Å². The molecule has 0 atom stereocenters. The second-order valence-electron chi connectivity index (χ2n) is 3.41. The quantitative estimate of drug-likeness (QED) is 0.719. The molecule has 0 heterocycles. The zero-order chi connectivity index (χ0) is 9.47. The Morgan fingerprint density at radius 2 is 1.77 bits per heavy atom. The van der Waals surface area contributed by atoms with Gasteiger partial charge in [-0.15, -0.1) is 0 Å². The molecule has 68 valence electrons. The highest BCUT2D eigenvalue weighted by Crippen LogP contribution is 2.45. The molecule has 2 rings (SSSR count). The van der Waals surface area contributed by atoms with Gasteiger partial charge in [0.25, 0.3) is 0 Å². The van der Waals surface area contributed by atoms with Gasteiger partial charge in [0, 0.05) is 0 Å². The van der Waals surface area contributed by atoms with Crippen molar-refractivity contribution in [2.75, 3.05) is 0 Å². The standard InChI is InChI=1S/C10H10O3/c11-9(12)7-1-3-8(4-2-7)10(13)5-6-10/h1-4,13H,5-6H2,(H,11,12). The minimum Gasteiger partial charge on any atom is -0.478 e. The Morgan fingerprint density at radius 1 is 1.23 bits per heavy atom. The molecule has 3 heteroatoms. The number of aliphatic hydroxyl groups is 1. The van der Waals surface area contributed by atoms with Crippen LogP contribution in [0.2, 0.25) is 0 Å². The van der Waals surface area contributed by atoms with Crippen molar-refractivity contribution in [1.29, 1.82) is 0 Å². The van der Waals surface area contributed by atoms with Crippen molar-refractivity contribution < 1.29 is 15.0 Å². The van der Waals surface area contributed by atoms with Crippen LogP contribution in [0.1, 0.15) is 28.8 Å². The molecule has 1 aromatic rings. The Labute approximate surface area is 75.6 Å². The molecule has 0 unspecified atom stereocenters. The highest BCUT2D eigenvalue weighted by atomic mass is 16.4. The second kappa shape index (κ2) is 2.57. The van der Waals surface area contributed by atoms with Crippen LogP contribution in [0.25, 0.3) is 0 Å². The average molecular weight is 178 g/mol. The zero-order valence-electron chi connectivity index (χ0n) is 7.03. The van der Waals surface area contributed by atoms with Crippen molar-refractivity contribution >= 4 is 5.97 Å². The third kappa shape index (κ3) is 1.42. The maximum absolute atomic E-state index is 10.5. The summed E-state index contributed by atoms with van der Waals surface area (Å²) < 4.78 is 0. The molecule has 3 nitrogen and oxygen atoms in total. The van der Waals surface area contributed by atoms with E-state index in [0.717, 1.165) is 18.4 Å². The van der Waals surface area contributed by atoms with E-state index in [4.69, 9.17) is 5.11 Å². The lowest BCUT2D eigenvalue weighted by Crippen LogP contribution is -2.04. The molecule has 1 fully saturated rings. The summed E-state index contributed by atoms with van der Waals surface area (Å²) in [7, 11) is 0. The van der Waals surface area contributed by atoms with Crippen LogP contribution in [0.4, 0.5) is 0 Å². The fourth-order valence-corrected chi connectivity index (χ4v) is 1.33. The fraction of sp³-hybridized carbons (Fsp3) is 0.300. The van der Waals surface area contributed by atoms with Crippen molar-refractivity contribution in [3.8, 4) is 0 Å². The molecule has 1 saturated carbocycles. The first-order valence-corrected chi connectivity index (χ1v) is 4.18. The normalized spacial score (nSPS) is 18.2. The number of rotatable bonds is 2. The predicted molar refractivity (Wildman–Crippen MR) is 46.5 cm³/mol. The predicted octanol–water partition coefficient (Wildman–Crippen LogP) is 1.37. The summed E-state index contributed by atoms with van der Waals surface area (Å²) in [6.45, 7) is 0. The van der Waals surface area contributed by atoms with Gasteiger partial charge < -0.3 is 10.2 Å². The molecule has 0 amide bonds. The van der Waals surface area contributed by atoms with Gasteiger partial charge in [0.1, 0.15) is 0 Å². The monoisotopic (exact) mass is 178 g/mol. The molecular formula is C10H10O3. The summed E-state index contributed by atoms with van der Waals surface area (Å²) in [5, 5.41) is 18.3. The largest absolute Gasteiger partial charge is 0.478 e. The van der Waals surface area contributed by atoms with Gasteiger partial charge in [0.15, 0.2) is 0 Å². The molecule has 0 aromatic heterocycles. The topological polar surface area (TPSA) is 57.5 Å². The van der Waals surface area contributed by atoms with Crippen LogP contribution in [-0.4, -0.2) is 16.2 Å². The summed E-state index contributed by atoms with van der Waals surface area (Å²) in [4.78, 5) is 10.5. The molecular weight excluding hydrogens is 168 g/mol. The Balaban J connectivity index is 2.28. The van der Waals surface area contributed by atoms with Crippen LogP contribution in [0, 0.1) is 0 Å². The van der Waals surface area contributed by atoms with E-state index in [-0.39, 0.29) is 5.56 Å². The molecule has 0 radical (unpaired) electrons. The molecule has 1 aliphatic carbocycles. The van der Waals surface area contributed by atoms with Gasteiger partial charge in [-0.25, -0.2) is 4.79 Å². The Morgan fingerprint density at radius 3 is 2.15 bits per heavy atom. The number of benzene rings is 1. The van der Waals surface area contributed by atoms with E-state index in [1.807, 2.05) is 0 Å². The third-order valence-electron chi connectivity index (χ3n) is 2.39. The molecule has 1 aliphatic rings. The second-order valence-corrected chi connectivity index (χ2v) is 3.41. The minimum absolute atomic E-state index is 0.257. The number of carboxylic acid groups (broad SMARTS) is 1. The molecule has 2 N–H and O–H groups in total. The zero-order valence-corrected chi connectivity index (χ0v) is 7.03. The van der Waals surface area contributed by atoms with Crippen LogP contribution in [0.5, 0.6) is 0 Å². The molecule has 0 aliphatic heterocycles. The number of aromatic carboxylic acids is 1. The Bertz CT molecular complexity index is 336. The molecule has 0 saturated heterocycles. The summed E-state index contributed by atoms with van der Waals surface area (Å²) in [6.07, 6.45) is 1.55. The molecule has 1 aromatic carbocycles. The van der Waals surface area contributed by atoms with E-state index < -0.39 is 11.6 Å². The Hall–Kier alpha value is -1.35. The highest BCUT2D eigenvalue weighted by Gasteiger charge is 2.41. The summed E-state index contributed by atoms with van der Waals surface area (Å²) >= 11 is 0. The smallest absolute Gasteiger partial charge is 0.335 e. The number of hydrogen-bond donors (Lipinski definition) is 2. The molecule has 0 spiro atoms. The van der Waals surface area contributed by atoms with E-state index in [1.165, 1.54) is 12.1 Å². The summed E-state index contributed by atoms with van der Waals surface area (Å²) in [5.41, 5.74) is 0.405. The summed E-state index contributed by atoms with van der Waals surface area (Å²) in [6, 6.07) is 6.40. The Kier molecular flexibility index (Phi) is 1.63. The summed E-state index contributed by atoms with van der Waals surface area (Å²) in [5.74, 6) is -0.936. The first kappa shape index (κ1) is 8.26. The van der Waals surface area contributed by atoms with Crippen LogP contribution in [0.3, 0.4) is 0 Å². The van der Waals surface area contributed by atoms with E-state index >= 15 is 0 Å². The van der Waals surface area contributed by atoms with E-state index in [1.54, 1.807) is 12.1 Å². The van der Waals surface area contributed by atoms with Gasteiger partial charge in [-0.1, -0.05) is 12.1 Å². The number of carbonyl (C=O) groups is 1. The maximum atomic E-state index is 10.5. The lowest BCUT2D eigenvalue weighted by molar-refractivity contribution is 0.0696. The van der Waals surface area contributed by atoms with Crippen LogP contribution in [0.15, 0.2) is 24.3 Å². The van der Waals surface area contributed by atoms with Crippen molar-refractivity contribution in [2.24, 2.45) is 0 Å². The van der Waals surface area contributed by atoms with Gasteiger partial charge in [0.05, 0.1) is 11.2 Å².